The van der Waals surface area contributed by atoms with Crippen molar-refractivity contribution in [1.82, 2.24) is 0 Å². The summed E-state index contributed by atoms with van der Waals surface area (Å²) in [6, 6.07) is 0. The molecule has 0 radical (unpaired) electrons. The van der Waals surface area contributed by atoms with Gasteiger partial charge in [-0.15, -0.1) is 0 Å². The van der Waals surface area contributed by atoms with Gasteiger partial charge in [-0.3, -0.25) is 4.99 Å². The predicted molar refractivity (Wildman–Crippen MR) is 33.4 cm³/mol. The van der Waals surface area contributed by atoms with Crippen LogP contribution >= 0.6 is 0 Å². The maximum Gasteiger partial charge on any atom is 0.333 e. The summed E-state index contributed by atoms with van der Waals surface area (Å²) in [4.78, 5) is 14.0. The van der Waals surface area contributed by atoms with Crippen LogP contribution in [0.1, 0.15) is 13.3 Å². The molecule has 1 rings (SSSR count). The maximum atomic E-state index is 10.2. The molecule has 1 N–H and O–H groups in total. The number of carboxylic acids is 1. The smallest absolute Gasteiger partial charge is 0.333 e. The molecule has 0 aromatic heterocycles. The summed E-state index contributed by atoms with van der Waals surface area (Å²) in [7, 11) is 0. The fraction of sp³-hybridized carbons (Fsp3) is 0.333. The Kier molecular flexibility index (Phi) is 1.34. The van der Waals surface area contributed by atoms with Gasteiger partial charge in [0.05, 0.1) is 5.57 Å². The third kappa shape index (κ3) is 1.16. The van der Waals surface area contributed by atoms with E-state index in [1.54, 1.807) is 0 Å². The molecular formula is C6H7NO2. The van der Waals surface area contributed by atoms with Crippen LogP contribution in [0.3, 0.4) is 0 Å². The van der Waals surface area contributed by atoms with Crippen LogP contribution in [0.5, 0.6) is 0 Å². The molecule has 1 aliphatic rings. The van der Waals surface area contributed by atoms with E-state index in [1.165, 1.54) is 6.20 Å². The summed E-state index contributed by atoms with van der Waals surface area (Å²) in [5.74, 6) is -0.865. The quantitative estimate of drug-likeness (QED) is 0.564. The first-order chi connectivity index (χ1) is 4.20. The highest BCUT2D eigenvalue weighted by molar-refractivity contribution is 5.98. The molecule has 0 spiro atoms. The van der Waals surface area contributed by atoms with Gasteiger partial charge in [-0.25, -0.2) is 4.79 Å². The first-order valence-electron chi connectivity index (χ1n) is 2.66. The standard InChI is InChI=1S/C6H7NO2/c1-4-2-5(3-7-4)6(8)9/h3H,2H2,1H3,(H,8,9). The average molecular weight is 125 g/mol. The van der Waals surface area contributed by atoms with E-state index < -0.39 is 5.97 Å². The van der Waals surface area contributed by atoms with E-state index in [-0.39, 0.29) is 0 Å². The first kappa shape index (κ1) is 6.01. The lowest BCUT2D eigenvalue weighted by atomic mass is 10.2. The van der Waals surface area contributed by atoms with E-state index in [9.17, 15) is 4.79 Å². The van der Waals surface area contributed by atoms with Crippen molar-refractivity contribution in [3.8, 4) is 0 Å². The lowest BCUT2D eigenvalue weighted by Crippen LogP contribution is -1.99. The number of hydrogen-bond acceptors (Lipinski definition) is 2. The SMILES string of the molecule is CC1=NC=C(C(=O)O)C1. The molecule has 0 fully saturated rings. The van der Waals surface area contributed by atoms with E-state index in [4.69, 9.17) is 5.11 Å². The molecule has 1 aliphatic heterocycles. The molecule has 3 heteroatoms. The summed E-state index contributed by atoms with van der Waals surface area (Å²) in [6.45, 7) is 1.81. The molecule has 9 heavy (non-hydrogen) atoms. The van der Waals surface area contributed by atoms with Crippen molar-refractivity contribution in [2.45, 2.75) is 13.3 Å². The van der Waals surface area contributed by atoms with Crippen molar-refractivity contribution >= 4 is 11.7 Å². The van der Waals surface area contributed by atoms with Crippen LogP contribution in [0.25, 0.3) is 0 Å². The zero-order valence-corrected chi connectivity index (χ0v) is 5.09. The topological polar surface area (TPSA) is 49.7 Å². The Morgan fingerprint density at radius 1 is 1.89 bits per heavy atom. The van der Waals surface area contributed by atoms with E-state index in [1.807, 2.05) is 6.92 Å². The number of aliphatic imine (C=N–C) groups is 1. The van der Waals surface area contributed by atoms with E-state index in [0.717, 1.165) is 5.71 Å². The van der Waals surface area contributed by atoms with Crippen molar-refractivity contribution in [2.24, 2.45) is 4.99 Å². The second-order valence-electron chi connectivity index (χ2n) is 2.00. The summed E-state index contributed by atoms with van der Waals surface area (Å²) in [5.41, 5.74) is 1.25. The molecule has 48 valence electrons. The normalized spacial score (nSPS) is 17.0. The van der Waals surface area contributed by atoms with E-state index >= 15 is 0 Å². The van der Waals surface area contributed by atoms with Crippen LogP contribution in [-0.4, -0.2) is 16.8 Å². The fourth-order valence-electron chi connectivity index (χ4n) is 0.686. The van der Waals surface area contributed by atoms with Gasteiger partial charge in [0.2, 0.25) is 0 Å². The monoisotopic (exact) mass is 125 g/mol. The van der Waals surface area contributed by atoms with Crippen molar-refractivity contribution in [1.29, 1.82) is 0 Å². The Labute approximate surface area is 52.7 Å². The second-order valence-corrected chi connectivity index (χ2v) is 2.00. The fourth-order valence-corrected chi connectivity index (χ4v) is 0.686. The molecule has 1 heterocycles. The largest absolute Gasteiger partial charge is 0.478 e. The van der Waals surface area contributed by atoms with Gasteiger partial charge >= 0.3 is 5.97 Å². The molecule has 0 aliphatic carbocycles. The molecule has 0 bridgehead atoms. The van der Waals surface area contributed by atoms with E-state index in [0.29, 0.717) is 12.0 Å². The molecule has 0 atom stereocenters. The maximum absolute atomic E-state index is 10.2. The number of carbonyl (C=O) groups is 1. The number of rotatable bonds is 1. The number of hydrogen-bond donors (Lipinski definition) is 1. The number of aliphatic carboxylic acids is 1. The van der Waals surface area contributed by atoms with Gasteiger partial charge < -0.3 is 5.11 Å². The lowest BCUT2D eigenvalue weighted by Gasteiger charge is -1.89. The first-order valence-corrected chi connectivity index (χ1v) is 2.66. The zero-order chi connectivity index (χ0) is 6.85. The van der Waals surface area contributed by atoms with Gasteiger partial charge in [-0.2, -0.15) is 0 Å². The highest BCUT2D eigenvalue weighted by atomic mass is 16.4. The molecule has 0 unspecified atom stereocenters. The minimum Gasteiger partial charge on any atom is -0.478 e. The second kappa shape index (κ2) is 2.01. The molecule has 0 amide bonds. The van der Waals surface area contributed by atoms with E-state index in [2.05, 4.69) is 4.99 Å². The Morgan fingerprint density at radius 2 is 2.56 bits per heavy atom. The highest BCUT2D eigenvalue weighted by Crippen LogP contribution is 2.10. The highest BCUT2D eigenvalue weighted by Gasteiger charge is 2.11. The van der Waals surface area contributed by atoms with Gasteiger partial charge in [-0.1, -0.05) is 0 Å². The summed E-state index contributed by atoms with van der Waals surface area (Å²) < 4.78 is 0. The van der Waals surface area contributed by atoms with Crippen molar-refractivity contribution in [3.63, 3.8) is 0 Å². The molecule has 0 aromatic rings. The number of carboxylic acid groups (broad SMARTS) is 1. The van der Waals surface area contributed by atoms with Gasteiger partial charge in [-0.05, 0) is 6.92 Å². The predicted octanol–water partition coefficient (Wildman–Crippen LogP) is 0.820. The van der Waals surface area contributed by atoms with Crippen molar-refractivity contribution < 1.29 is 9.90 Å². The lowest BCUT2D eigenvalue weighted by molar-refractivity contribution is -0.132. The van der Waals surface area contributed by atoms with Gasteiger partial charge in [0, 0.05) is 18.3 Å². The van der Waals surface area contributed by atoms with Crippen LogP contribution in [0.15, 0.2) is 16.8 Å². The van der Waals surface area contributed by atoms with Gasteiger partial charge in [0.15, 0.2) is 0 Å². The molecule has 0 saturated carbocycles. The molecular weight excluding hydrogens is 118 g/mol. The van der Waals surface area contributed by atoms with Crippen molar-refractivity contribution in [2.75, 3.05) is 0 Å². The summed E-state index contributed by atoms with van der Waals surface area (Å²) >= 11 is 0. The third-order valence-electron chi connectivity index (χ3n) is 1.16. The molecule has 3 nitrogen and oxygen atoms in total. The zero-order valence-electron chi connectivity index (χ0n) is 5.09. The van der Waals surface area contributed by atoms with Crippen molar-refractivity contribution in [3.05, 3.63) is 11.8 Å². The van der Waals surface area contributed by atoms with Crippen LogP contribution in [0.4, 0.5) is 0 Å². The Bertz CT molecular complexity index is 203. The Hall–Kier alpha value is -1.12. The average Bonchev–Trinajstić information content (AvgIpc) is 2.14. The minimum absolute atomic E-state index is 0.382. The van der Waals surface area contributed by atoms with Crippen LogP contribution in [0, 0.1) is 0 Å². The Morgan fingerprint density at radius 3 is 2.78 bits per heavy atom. The van der Waals surface area contributed by atoms with Crippen LogP contribution < -0.4 is 0 Å². The van der Waals surface area contributed by atoms with Crippen LogP contribution in [-0.2, 0) is 4.79 Å². The van der Waals surface area contributed by atoms with Gasteiger partial charge in [0.25, 0.3) is 0 Å². The Balaban J connectivity index is 2.64. The summed E-state index contributed by atoms with van der Waals surface area (Å²) in [6.07, 6.45) is 1.90. The number of nitrogens with zero attached hydrogens (tertiary/aromatic N) is 1. The van der Waals surface area contributed by atoms with Gasteiger partial charge in [0.1, 0.15) is 0 Å². The molecule has 0 aromatic carbocycles. The van der Waals surface area contributed by atoms with Crippen LogP contribution in [0.2, 0.25) is 0 Å². The minimum atomic E-state index is -0.865. The molecule has 0 saturated heterocycles. The third-order valence-corrected chi connectivity index (χ3v) is 1.16. The summed E-state index contributed by atoms with van der Waals surface area (Å²) in [5, 5.41) is 8.39.